The zero-order valence-corrected chi connectivity index (χ0v) is 11.6. The highest BCUT2D eigenvalue weighted by Crippen LogP contribution is 2.24. The molecular weight excluding hydrogens is 254 g/mol. The normalized spacial score (nSPS) is 11.2. The Bertz CT molecular complexity index is 875. The molecule has 3 N–H and O–H groups in total. The number of fused-ring (bicyclic) bond motifs is 1. The molecule has 3 aromatic rings. The minimum Gasteiger partial charge on any atom is -0.397 e. The predicted molar refractivity (Wildman–Crippen MR) is 78.1 cm³/mol. The molecule has 6 heteroatoms. The van der Waals surface area contributed by atoms with E-state index in [-0.39, 0.29) is 5.56 Å². The Morgan fingerprint density at radius 3 is 2.65 bits per heavy atom. The Balaban J connectivity index is 2.34. The number of hydrogen-bond donors (Lipinski definition) is 2. The lowest BCUT2D eigenvalue weighted by atomic mass is 10.2. The Labute approximate surface area is 115 Å². The summed E-state index contributed by atoms with van der Waals surface area (Å²) in [5, 5.41) is 4.97. The van der Waals surface area contributed by atoms with E-state index in [0.717, 1.165) is 22.6 Å². The van der Waals surface area contributed by atoms with Gasteiger partial charge in [-0.15, -0.1) is 0 Å². The molecule has 0 radical (unpaired) electrons. The van der Waals surface area contributed by atoms with Crippen LogP contribution < -0.4 is 11.3 Å². The molecule has 0 saturated heterocycles. The van der Waals surface area contributed by atoms with E-state index < -0.39 is 0 Å². The minimum absolute atomic E-state index is 0.196. The number of aromatic amines is 1. The Hall–Kier alpha value is -2.63. The van der Waals surface area contributed by atoms with Crippen LogP contribution in [0, 0.1) is 20.8 Å². The van der Waals surface area contributed by atoms with Crippen molar-refractivity contribution < 1.29 is 0 Å². The van der Waals surface area contributed by atoms with E-state index in [1.807, 2.05) is 20.8 Å². The lowest BCUT2D eigenvalue weighted by Gasteiger charge is -2.09. The fraction of sp³-hybridized carbons (Fsp3) is 0.214. The molecule has 102 valence electrons. The standard InChI is InChI=1S/C14H15N5O/c1-7-8(2)18-19(9(7)3)13-5-12-10(4-11(13)15)14(20)17-6-16-12/h4-6H,15H2,1-3H3,(H,16,17,20). The summed E-state index contributed by atoms with van der Waals surface area (Å²) in [7, 11) is 0. The number of nitrogens with one attached hydrogen (secondary N) is 1. The van der Waals surface area contributed by atoms with E-state index in [4.69, 9.17) is 5.73 Å². The topological polar surface area (TPSA) is 89.6 Å². The van der Waals surface area contributed by atoms with Crippen molar-refractivity contribution in [3.63, 3.8) is 0 Å². The third-order valence-corrected chi connectivity index (χ3v) is 3.67. The smallest absolute Gasteiger partial charge is 0.258 e. The van der Waals surface area contributed by atoms with Crippen molar-refractivity contribution >= 4 is 16.6 Å². The third-order valence-electron chi connectivity index (χ3n) is 3.67. The third kappa shape index (κ3) is 1.69. The van der Waals surface area contributed by atoms with Crippen LogP contribution in [0.5, 0.6) is 0 Å². The quantitative estimate of drug-likeness (QED) is 0.657. The lowest BCUT2D eigenvalue weighted by molar-refractivity contribution is 0.836. The molecule has 0 aliphatic heterocycles. The molecule has 6 nitrogen and oxygen atoms in total. The summed E-state index contributed by atoms with van der Waals surface area (Å²) >= 11 is 0. The van der Waals surface area contributed by atoms with Crippen molar-refractivity contribution in [2.24, 2.45) is 0 Å². The highest BCUT2D eigenvalue weighted by Gasteiger charge is 2.13. The second kappa shape index (κ2) is 4.19. The zero-order valence-electron chi connectivity index (χ0n) is 11.6. The summed E-state index contributed by atoms with van der Waals surface area (Å²) in [5.41, 5.74) is 10.8. The van der Waals surface area contributed by atoms with E-state index in [9.17, 15) is 4.79 Å². The van der Waals surface area contributed by atoms with Crippen molar-refractivity contribution in [1.29, 1.82) is 0 Å². The van der Waals surface area contributed by atoms with E-state index >= 15 is 0 Å². The maximum absolute atomic E-state index is 11.7. The van der Waals surface area contributed by atoms with Crippen LogP contribution in [0.2, 0.25) is 0 Å². The summed E-state index contributed by atoms with van der Waals surface area (Å²) in [6.07, 6.45) is 1.39. The molecule has 0 bridgehead atoms. The molecule has 0 aliphatic rings. The molecule has 2 aromatic heterocycles. The van der Waals surface area contributed by atoms with Crippen molar-refractivity contribution in [3.05, 3.63) is 45.8 Å². The molecule has 2 heterocycles. The number of aromatic nitrogens is 4. The monoisotopic (exact) mass is 269 g/mol. The van der Waals surface area contributed by atoms with Gasteiger partial charge in [-0.25, -0.2) is 9.67 Å². The van der Waals surface area contributed by atoms with Gasteiger partial charge in [0.05, 0.1) is 34.3 Å². The predicted octanol–water partition coefficient (Wildman–Crippen LogP) is 1.62. The zero-order chi connectivity index (χ0) is 14.4. The molecule has 3 rings (SSSR count). The van der Waals surface area contributed by atoms with Gasteiger partial charge in [0, 0.05) is 5.69 Å². The van der Waals surface area contributed by atoms with Crippen LogP contribution in [-0.2, 0) is 0 Å². The van der Waals surface area contributed by atoms with E-state index in [0.29, 0.717) is 16.6 Å². The van der Waals surface area contributed by atoms with Crippen molar-refractivity contribution in [2.45, 2.75) is 20.8 Å². The second-order valence-corrected chi connectivity index (χ2v) is 4.87. The Morgan fingerprint density at radius 1 is 1.25 bits per heavy atom. The summed E-state index contributed by atoms with van der Waals surface area (Å²) in [6, 6.07) is 3.43. The van der Waals surface area contributed by atoms with Gasteiger partial charge >= 0.3 is 0 Å². The first kappa shape index (κ1) is 12.4. The Morgan fingerprint density at radius 2 is 2.00 bits per heavy atom. The minimum atomic E-state index is -0.196. The van der Waals surface area contributed by atoms with Gasteiger partial charge in [0.15, 0.2) is 0 Å². The van der Waals surface area contributed by atoms with E-state index in [1.54, 1.807) is 16.8 Å². The second-order valence-electron chi connectivity index (χ2n) is 4.87. The molecule has 20 heavy (non-hydrogen) atoms. The molecule has 0 amide bonds. The average molecular weight is 269 g/mol. The molecule has 0 atom stereocenters. The molecule has 0 saturated carbocycles. The number of aryl methyl sites for hydroxylation is 1. The van der Waals surface area contributed by atoms with Crippen molar-refractivity contribution in [2.75, 3.05) is 5.73 Å². The summed E-state index contributed by atoms with van der Waals surface area (Å²) in [6.45, 7) is 5.97. The van der Waals surface area contributed by atoms with Crippen LogP contribution in [-0.4, -0.2) is 19.7 Å². The van der Waals surface area contributed by atoms with Crippen LogP contribution in [0.3, 0.4) is 0 Å². The number of benzene rings is 1. The summed E-state index contributed by atoms with van der Waals surface area (Å²) in [4.78, 5) is 18.4. The van der Waals surface area contributed by atoms with Gasteiger partial charge in [-0.2, -0.15) is 5.10 Å². The lowest BCUT2D eigenvalue weighted by Crippen LogP contribution is -2.09. The van der Waals surface area contributed by atoms with Gasteiger partial charge in [0.2, 0.25) is 0 Å². The maximum atomic E-state index is 11.7. The molecule has 1 aromatic carbocycles. The molecule has 0 spiro atoms. The van der Waals surface area contributed by atoms with E-state index in [2.05, 4.69) is 15.1 Å². The van der Waals surface area contributed by atoms with Gasteiger partial charge in [-0.05, 0) is 38.5 Å². The highest BCUT2D eigenvalue weighted by molar-refractivity contribution is 5.85. The molecule has 0 aliphatic carbocycles. The van der Waals surface area contributed by atoms with Gasteiger partial charge in [-0.1, -0.05) is 0 Å². The number of nitrogen functional groups attached to an aromatic ring is 1. The van der Waals surface area contributed by atoms with Gasteiger partial charge in [0.25, 0.3) is 5.56 Å². The van der Waals surface area contributed by atoms with Gasteiger partial charge in [0.1, 0.15) is 0 Å². The van der Waals surface area contributed by atoms with Gasteiger partial charge < -0.3 is 10.7 Å². The van der Waals surface area contributed by atoms with Crippen molar-refractivity contribution in [1.82, 2.24) is 19.7 Å². The van der Waals surface area contributed by atoms with Crippen LogP contribution in [0.1, 0.15) is 17.0 Å². The number of anilines is 1. The van der Waals surface area contributed by atoms with Crippen LogP contribution in [0.25, 0.3) is 16.6 Å². The van der Waals surface area contributed by atoms with Crippen molar-refractivity contribution in [3.8, 4) is 5.69 Å². The van der Waals surface area contributed by atoms with Crippen LogP contribution >= 0.6 is 0 Å². The first-order chi connectivity index (χ1) is 9.49. The Kier molecular flexibility index (Phi) is 2.60. The summed E-state index contributed by atoms with van der Waals surface area (Å²) < 4.78 is 1.79. The maximum Gasteiger partial charge on any atom is 0.258 e. The SMILES string of the molecule is Cc1nn(-c2cc3nc[nH]c(=O)c3cc2N)c(C)c1C. The van der Waals surface area contributed by atoms with Crippen LogP contribution in [0.15, 0.2) is 23.3 Å². The average Bonchev–Trinajstić information content (AvgIpc) is 2.67. The first-order valence-corrected chi connectivity index (χ1v) is 6.29. The number of hydrogen-bond acceptors (Lipinski definition) is 4. The first-order valence-electron chi connectivity index (χ1n) is 6.29. The van der Waals surface area contributed by atoms with Gasteiger partial charge in [-0.3, -0.25) is 4.79 Å². The molecular formula is C14H15N5O. The molecule has 0 unspecified atom stereocenters. The number of rotatable bonds is 1. The highest BCUT2D eigenvalue weighted by atomic mass is 16.1. The van der Waals surface area contributed by atoms with E-state index in [1.165, 1.54) is 6.33 Å². The number of H-pyrrole nitrogens is 1. The fourth-order valence-corrected chi connectivity index (χ4v) is 2.26. The van der Waals surface area contributed by atoms with Crippen LogP contribution in [0.4, 0.5) is 5.69 Å². The fourth-order valence-electron chi connectivity index (χ4n) is 2.26. The summed E-state index contributed by atoms with van der Waals surface area (Å²) in [5.74, 6) is 0. The largest absolute Gasteiger partial charge is 0.397 e. The number of nitrogens with zero attached hydrogens (tertiary/aromatic N) is 3. The number of nitrogens with two attached hydrogens (primary N) is 1. The molecule has 0 fully saturated rings.